The van der Waals surface area contributed by atoms with E-state index in [1.165, 1.54) is 43.6 Å². The van der Waals surface area contributed by atoms with Crippen LogP contribution in [0.4, 0.5) is 5.69 Å². The Morgan fingerprint density at radius 3 is 2.52 bits per heavy atom. The molecule has 0 aliphatic carbocycles. The number of alkyl halides is 1. The van der Waals surface area contributed by atoms with E-state index in [1.54, 1.807) is 0 Å². The molecule has 3 heteroatoms. The Hall–Kier alpha value is -0.730. The van der Waals surface area contributed by atoms with E-state index < -0.39 is 0 Å². The normalized spacial score (nSPS) is 23.2. The van der Waals surface area contributed by atoms with Gasteiger partial charge >= 0.3 is 0 Å². The van der Waals surface area contributed by atoms with Gasteiger partial charge in [0.15, 0.2) is 0 Å². The van der Waals surface area contributed by atoms with E-state index in [4.69, 9.17) is 11.6 Å². The number of rotatable bonds is 6. The number of nitrogens with zero attached hydrogens (tertiary/aromatic N) is 2. The summed E-state index contributed by atoms with van der Waals surface area (Å²) in [7, 11) is 4.17. The minimum atomic E-state index is 0.586. The first-order valence-electron chi connectivity index (χ1n) is 8.21. The molecule has 2 rings (SSSR count). The summed E-state index contributed by atoms with van der Waals surface area (Å²) in [5.41, 5.74) is 2.72. The molecule has 0 spiro atoms. The van der Waals surface area contributed by atoms with Crippen molar-refractivity contribution < 1.29 is 0 Å². The molecule has 1 saturated heterocycles. The topological polar surface area (TPSA) is 6.48 Å². The van der Waals surface area contributed by atoms with Crippen molar-refractivity contribution >= 4 is 17.3 Å². The summed E-state index contributed by atoms with van der Waals surface area (Å²) in [6.07, 6.45) is 3.82. The summed E-state index contributed by atoms with van der Waals surface area (Å²) in [5, 5.41) is 0. The van der Waals surface area contributed by atoms with Gasteiger partial charge in [-0.15, -0.1) is 11.6 Å². The molecule has 1 aliphatic heterocycles. The number of unbranched alkanes of at least 4 members (excludes halogenated alkanes) is 1. The van der Waals surface area contributed by atoms with Gasteiger partial charge in [-0.2, -0.15) is 0 Å². The average Bonchev–Trinajstić information content (AvgIpc) is 2.52. The molecule has 118 valence electrons. The van der Waals surface area contributed by atoms with E-state index in [0.29, 0.717) is 11.8 Å². The third-order valence-corrected chi connectivity index (χ3v) is 5.08. The van der Waals surface area contributed by atoms with E-state index in [2.05, 4.69) is 55.1 Å². The maximum absolute atomic E-state index is 6.27. The van der Waals surface area contributed by atoms with Crippen LogP contribution in [-0.4, -0.2) is 44.5 Å². The second-order valence-electron chi connectivity index (χ2n) is 6.45. The van der Waals surface area contributed by atoms with Gasteiger partial charge in [-0.3, -0.25) is 0 Å². The van der Waals surface area contributed by atoms with Crippen molar-refractivity contribution in [3.8, 4) is 0 Å². The first kappa shape index (κ1) is 16.6. The van der Waals surface area contributed by atoms with Gasteiger partial charge in [0.25, 0.3) is 0 Å². The highest BCUT2D eigenvalue weighted by atomic mass is 35.5. The SMILES string of the molecule is CCCCN1CCC(c2ccc(N(C)C)cc2)C(CCl)C1. The van der Waals surface area contributed by atoms with Crippen LogP contribution >= 0.6 is 11.6 Å². The number of benzene rings is 1. The third kappa shape index (κ3) is 4.37. The second-order valence-corrected chi connectivity index (χ2v) is 6.76. The fraction of sp³-hybridized carbons (Fsp3) is 0.667. The third-order valence-electron chi connectivity index (χ3n) is 4.68. The van der Waals surface area contributed by atoms with Gasteiger partial charge in [-0.05, 0) is 55.5 Å². The first-order chi connectivity index (χ1) is 10.2. The zero-order chi connectivity index (χ0) is 15.2. The van der Waals surface area contributed by atoms with Crippen molar-refractivity contribution in [2.75, 3.05) is 44.5 Å². The summed E-state index contributed by atoms with van der Waals surface area (Å²) in [5.74, 6) is 1.97. The number of likely N-dealkylation sites (tertiary alicyclic amines) is 1. The molecule has 0 aromatic heterocycles. The zero-order valence-corrected chi connectivity index (χ0v) is 14.4. The van der Waals surface area contributed by atoms with Crippen molar-refractivity contribution in [2.24, 2.45) is 5.92 Å². The zero-order valence-electron chi connectivity index (χ0n) is 13.7. The molecule has 2 nitrogen and oxygen atoms in total. The molecule has 0 N–H and O–H groups in total. The maximum Gasteiger partial charge on any atom is 0.0361 e. The van der Waals surface area contributed by atoms with Crippen LogP contribution in [0.2, 0.25) is 0 Å². The summed E-state index contributed by atoms with van der Waals surface area (Å²) in [4.78, 5) is 4.75. The molecular formula is C18H29ClN2. The molecule has 2 atom stereocenters. The summed E-state index contributed by atoms with van der Waals surface area (Å²) >= 11 is 6.27. The van der Waals surface area contributed by atoms with Crippen LogP contribution in [0.15, 0.2) is 24.3 Å². The number of hydrogen-bond acceptors (Lipinski definition) is 2. The second kappa shape index (κ2) is 8.05. The molecule has 21 heavy (non-hydrogen) atoms. The first-order valence-corrected chi connectivity index (χ1v) is 8.74. The van der Waals surface area contributed by atoms with E-state index in [9.17, 15) is 0 Å². The Morgan fingerprint density at radius 2 is 1.95 bits per heavy atom. The summed E-state index contributed by atoms with van der Waals surface area (Å²) < 4.78 is 0. The van der Waals surface area contributed by atoms with Gasteiger partial charge in [0.1, 0.15) is 0 Å². The van der Waals surface area contributed by atoms with Crippen LogP contribution in [0.3, 0.4) is 0 Å². The number of anilines is 1. The monoisotopic (exact) mass is 308 g/mol. The molecule has 0 saturated carbocycles. The minimum Gasteiger partial charge on any atom is -0.378 e. The van der Waals surface area contributed by atoms with E-state index in [1.807, 2.05) is 0 Å². The lowest BCUT2D eigenvalue weighted by Crippen LogP contribution is -2.40. The molecule has 0 radical (unpaired) electrons. The van der Waals surface area contributed by atoms with Crippen LogP contribution in [0.1, 0.15) is 37.7 Å². The highest BCUT2D eigenvalue weighted by Gasteiger charge is 2.29. The fourth-order valence-corrected chi connectivity index (χ4v) is 3.62. The highest BCUT2D eigenvalue weighted by molar-refractivity contribution is 6.18. The lowest BCUT2D eigenvalue weighted by molar-refractivity contribution is 0.163. The maximum atomic E-state index is 6.27. The molecule has 2 unspecified atom stereocenters. The highest BCUT2D eigenvalue weighted by Crippen LogP contribution is 2.34. The largest absolute Gasteiger partial charge is 0.378 e. The molecule has 0 bridgehead atoms. The van der Waals surface area contributed by atoms with E-state index >= 15 is 0 Å². The molecule has 1 fully saturated rings. The van der Waals surface area contributed by atoms with Gasteiger partial charge in [0, 0.05) is 32.2 Å². The molecule has 1 aromatic rings. The quantitative estimate of drug-likeness (QED) is 0.727. The van der Waals surface area contributed by atoms with Crippen molar-refractivity contribution in [1.29, 1.82) is 0 Å². The lowest BCUT2D eigenvalue weighted by Gasteiger charge is -2.38. The van der Waals surface area contributed by atoms with Crippen molar-refractivity contribution in [3.05, 3.63) is 29.8 Å². The predicted molar refractivity (Wildman–Crippen MR) is 93.7 cm³/mol. The van der Waals surface area contributed by atoms with Crippen molar-refractivity contribution in [1.82, 2.24) is 4.90 Å². The van der Waals surface area contributed by atoms with Crippen molar-refractivity contribution in [2.45, 2.75) is 32.1 Å². The lowest BCUT2D eigenvalue weighted by atomic mass is 9.81. The van der Waals surface area contributed by atoms with Crippen LogP contribution in [0.5, 0.6) is 0 Å². The molecule has 1 aromatic carbocycles. The fourth-order valence-electron chi connectivity index (χ4n) is 3.31. The van der Waals surface area contributed by atoms with Gasteiger partial charge in [0.2, 0.25) is 0 Å². The molecular weight excluding hydrogens is 280 g/mol. The van der Waals surface area contributed by atoms with Crippen LogP contribution in [0.25, 0.3) is 0 Å². The van der Waals surface area contributed by atoms with Crippen molar-refractivity contribution in [3.63, 3.8) is 0 Å². The molecule has 1 aliphatic rings. The minimum absolute atomic E-state index is 0.586. The summed E-state index contributed by atoms with van der Waals surface area (Å²) in [6, 6.07) is 9.04. The van der Waals surface area contributed by atoms with Crippen LogP contribution in [-0.2, 0) is 0 Å². The van der Waals surface area contributed by atoms with Gasteiger partial charge < -0.3 is 9.80 Å². The van der Waals surface area contributed by atoms with Gasteiger partial charge in [-0.1, -0.05) is 25.5 Å². The predicted octanol–water partition coefficient (Wildman–Crippen LogP) is 4.20. The van der Waals surface area contributed by atoms with Gasteiger partial charge in [-0.25, -0.2) is 0 Å². The number of piperidine rings is 1. The van der Waals surface area contributed by atoms with Crippen LogP contribution < -0.4 is 4.90 Å². The Morgan fingerprint density at radius 1 is 1.24 bits per heavy atom. The summed E-state index contributed by atoms with van der Waals surface area (Å²) in [6.45, 7) is 5.87. The van der Waals surface area contributed by atoms with E-state index in [-0.39, 0.29) is 0 Å². The Balaban J connectivity index is 2.02. The van der Waals surface area contributed by atoms with Crippen LogP contribution in [0, 0.1) is 5.92 Å². The standard InChI is InChI=1S/C18H29ClN2/c1-4-5-11-21-12-10-18(16(13-19)14-21)15-6-8-17(9-7-15)20(2)3/h6-9,16,18H,4-5,10-14H2,1-3H3. The Bertz CT molecular complexity index is 416. The van der Waals surface area contributed by atoms with E-state index in [0.717, 1.165) is 12.4 Å². The average molecular weight is 309 g/mol. The smallest absolute Gasteiger partial charge is 0.0361 e. The Kier molecular flexibility index (Phi) is 6.38. The van der Waals surface area contributed by atoms with Gasteiger partial charge in [0.05, 0.1) is 0 Å². The number of hydrogen-bond donors (Lipinski definition) is 0. The Labute approximate surface area is 135 Å². The molecule has 0 amide bonds. The number of halogens is 1. The molecule has 1 heterocycles.